The summed E-state index contributed by atoms with van der Waals surface area (Å²) in [5.74, 6) is 0.909. The van der Waals surface area contributed by atoms with Gasteiger partial charge in [-0.15, -0.1) is 0 Å². The highest BCUT2D eigenvalue weighted by atomic mass is 32.1. The molecule has 0 spiro atoms. The first-order chi connectivity index (χ1) is 8.93. The maximum atomic E-state index is 5.68. The number of likely N-dealkylation sites (tertiary alicyclic amines) is 1. The number of hydrogen-bond acceptors (Lipinski definition) is 2. The second-order valence-corrected chi connectivity index (χ2v) is 6.57. The molecule has 0 saturated carbocycles. The van der Waals surface area contributed by atoms with Gasteiger partial charge in [-0.1, -0.05) is 45.1 Å². The summed E-state index contributed by atoms with van der Waals surface area (Å²) < 4.78 is 5.22. The second kappa shape index (κ2) is 5.49. The zero-order chi connectivity index (χ0) is 14.0. The Kier molecular flexibility index (Phi) is 4.14. The van der Waals surface area contributed by atoms with E-state index in [0.29, 0.717) is 6.04 Å². The molecule has 0 aliphatic carbocycles. The van der Waals surface area contributed by atoms with Crippen molar-refractivity contribution < 1.29 is 4.74 Å². The van der Waals surface area contributed by atoms with E-state index in [1.54, 1.807) is 7.11 Å². The Morgan fingerprint density at radius 3 is 2.42 bits per heavy atom. The number of nitrogens with zero attached hydrogens (tertiary/aromatic N) is 1. The van der Waals surface area contributed by atoms with Gasteiger partial charge in [0.05, 0.1) is 18.1 Å². The lowest BCUT2D eigenvalue weighted by Gasteiger charge is -2.34. The zero-order valence-electron chi connectivity index (χ0n) is 12.3. The molecular formula is C16H23NOS. The molecule has 104 valence electrons. The van der Waals surface area contributed by atoms with Crippen LogP contribution in [0.2, 0.25) is 0 Å². The Morgan fingerprint density at radius 2 is 1.89 bits per heavy atom. The third-order valence-corrected chi connectivity index (χ3v) is 4.50. The molecular weight excluding hydrogens is 254 g/mol. The molecule has 0 N–H and O–H groups in total. The monoisotopic (exact) mass is 277 g/mol. The van der Waals surface area contributed by atoms with Crippen molar-refractivity contribution in [3.63, 3.8) is 0 Å². The predicted molar refractivity (Wildman–Crippen MR) is 83.7 cm³/mol. The maximum absolute atomic E-state index is 5.68. The van der Waals surface area contributed by atoms with Crippen molar-refractivity contribution in [2.24, 2.45) is 5.41 Å². The predicted octanol–water partition coefficient (Wildman–Crippen LogP) is 4.21. The zero-order valence-corrected chi connectivity index (χ0v) is 13.1. The molecule has 1 saturated heterocycles. The number of methoxy groups -OCH3 is 1. The van der Waals surface area contributed by atoms with E-state index in [1.807, 2.05) is 12.1 Å². The van der Waals surface area contributed by atoms with Gasteiger partial charge in [-0.2, -0.15) is 0 Å². The number of rotatable bonds is 2. The van der Waals surface area contributed by atoms with Gasteiger partial charge in [-0.25, -0.2) is 0 Å². The number of thiocarbonyl (C=S) groups is 1. The summed E-state index contributed by atoms with van der Waals surface area (Å²) in [6.07, 6.45) is 2.40. The van der Waals surface area contributed by atoms with Gasteiger partial charge < -0.3 is 9.64 Å². The molecule has 0 bridgehead atoms. The minimum atomic E-state index is 0.0599. The van der Waals surface area contributed by atoms with Crippen molar-refractivity contribution in [1.29, 1.82) is 0 Å². The molecule has 2 nitrogen and oxygen atoms in total. The van der Waals surface area contributed by atoms with Crippen molar-refractivity contribution in [3.05, 3.63) is 29.8 Å². The third-order valence-electron chi connectivity index (χ3n) is 3.66. The standard InChI is InChI=1S/C16H23NOS/c1-16(2,3)15(19)17-11-5-6-14(17)12-7-9-13(18-4)10-8-12/h7-10,14H,5-6,11H2,1-4H3. The van der Waals surface area contributed by atoms with Gasteiger partial charge in [-0.05, 0) is 30.5 Å². The van der Waals surface area contributed by atoms with Crippen molar-refractivity contribution in [3.8, 4) is 5.75 Å². The van der Waals surface area contributed by atoms with Crippen LogP contribution in [-0.2, 0) is 0 Å². The van der Waals surface area contributed by atoms with Crippen LogP contribution in [0.4, 0.5) is 0 Å². The Hall–Kier alpha value is -1.09. The first-order valence-electron chi connectivity index (χ1n) is 6.88. The van der Waals surface area contributed by atoms with E-state index in [4.69, 9.17) is 17.0 Å². The molecule has 1 unspecified atom stereocenters. The van der Waals surface area contributed by atoms with Crippen LogP contribution in [0, 0.1) is 5.41 Å². The fraction of sp³-hybridized carbons (Fsp3) is 0.562. The van der Waals surface area contributed by atoms with Crippen LogP contribution in [0.5, 0.6) is 5.75 Å². The van der Waals surface area contributed by atoms with Gasteiger partial charge in [0, 0.05) is 12.0 Å². The Balaban J connectivity index is 2.20. The topological polar surface area (TPSA) is 12.5 Å². The van der Waals surface area contributed by atoms with E-state index in [9.17, 15) is 0 Å². The molecule has 0 radical (unpaired) electrons. The van der Waals surface area contributed by atoms with Crippen LogP contribution in [0.25, 0.3) is 0 Å². The number of benzene rings is 1. The molecule has 1 aliphatic heterocycles. The van der Waals surface area contributed by atoms with Gasteiger partial charge in [0.1, 0.15) is 5.75 Å². The highest BCUT2D eigenvalue weighted by molar-refractivity contribution is 7.80. The highest BCUT2D eigenvalue weighted by Gasteiger charge is 2.32. The average molecular weight is 277 g/mol. The van der Waals surface area contributed by atoms with E-state index in [1.165, 1.54) is 18.4 Å². The molecule has 1 atom stereocenters. The largest absolute Gasteiger partial charge is 0.497 e. The van der Waals surface area contributed by atoms with Gasteiger partial charge >= 0.3 is 0 Å². The maximum Gasteiger partial charge on any atom is 0.118 e. The van der Waals surface area contributed by atoms with Crippen LogP contribution in [-0.4, -0.2) is 23.5 Å². The minimum absolute atomic E-state index is 0.0599. The first-order valence-corrected chi connectivity index (χ1v) is 7.29. The number of ether oxygens (including phenoxy) is 1. The summed E-state index contributed by atoms with van der Waals surface area (Å²) >= 11 is 5.68. The van der Waals surface area contributed by atoms with Gasteiger partial charge in [0.25, 0.3) is 0 Å². The van der Waals surface area contributed by atoms with Crippen molar-refractivity contribution in [2.45, 2.75) is 39.7 Å². The quantitative estimate of drug-likeness (QED) is 0.752. The van der Waals surface area contributed by atoms with E-state index in [-0.39, 0.29) is 5.41 Å². The summed E-state index contributed by atoms with van der Waals surface area (Å²) in [6, 6.07) is 8.82. The molecule has 0 aromatic heterocycles. The van der Waals surface area contributed by atoms with Crippen LogP contribution in [0.3, 0.4) is 0 Å². The van der Waals surface area contributed by atoms with E-state index in [2.05, 4.69) is 37.8 Å². The summed E-state index contributed by atoms with van der Waals surface area (Å²) in [7, 11) is 1.70. The molecule has 1 aromatic carbocycles. The average Bonchev–Trinajstić information content (AvgIpc) is 2.85. The molecule has 1 aliphatic rings. The Bertz CT molecular complexity index is 447. The fourth-order valence-corrected chi connectivity index (χ4v) is 2.83. The molecule has 0 amide bonds. The normalized spacial score (nSPS) is 19.6. The number of hydrogen-bond donors (Lipinski definition) is 0. The lowest BCUT2D eigenvalue weighted by atomic mass is 9.94. The van der Waals surface area contributed by atoms with Crippen LogP contribution < -0.4 is 4.74 Å². The smallest absolute Gasteiger partial charge is 0.118 e. The van der Waals surface area contributed by atoms with Gasteiger partial charge in [0.15, 0.2) is 0 Å². The van der Waals surface area contributed by atoms with Crippen molar-refractivity contribution in [2.75, 3.05) is 13.7 Å². The van der Waals surface area contributed by atoms with Crippen LogP contribution in [0.1, 0.15) is 45.2 Å². The Labute approximate surface area is 121 Å². The van der Waals surface area contributed by atoms with Crippen molar-refractivity contribution >= 4 is 17.2 Å². The molecule has 1 aromatic rings. The lowest BCUT2D eigenvalue weighted by molar-refractivity contribution is 0.363. The van der Waals surface area contributed by atoms with E-state index < -0.39 is 0 Å². The van der Waals surface area contributed by atoms with E-state index in [0.717, 1.165) is 17.3 Å². The van der Waals surface area contributed by atoms with Crippen LogP contribution in [0.15, 0.2) is 24.3 Å². The van der Waals surface area contributed by atoms with Crippen molar-refractivity contribution in [1.82, 2.24) is 4.90 Å². The molecule has 1 fully saturated rings. The summed E-state index contributed by atoms with van der Waals surface area (Å²) in [5, 5.41) is 0. The SMILES string of the molecule is COc1ccc(C2CCCN2C(=S)C(C)(C)C)cc1. The highest BCUT2D eigenvalue weighted by Crippen LogP contribution is 2.36. The fourth-order valence-electron chi connectivity index (χ4n) is 2.61. The summed E-state index contributed by atoms with van der Waals surface area (Å²) in [4.78, 5) is 3.47. The molecule has 19 heavy (non-hydrogen) atoms. The van der Waals surface area contributed by atoms with E-state index >= 15 is 0 Å². The van der Waals surface area contributed by atoms with Crippen LogP contribution >= 0.6 is 12.2 Å². The molecule has 1 heterocycles. The van der Waals surface area contributed by atoms with Gasteiger partial charge in [-0.3, -0.25) is 0 Å². The first kappa shape index (κ1) is 14.3. The molecule has 3 heteroatoms. The second-order valence-electron chi connectivity index (χ2n) is 6.18. The Morgan fingerprint density at radius 1 is 1.26 bits per heavy atom. The third kappa shape index (κ3) is 3.08. The van der Waals surface area contributed by atoms with Gasteiger partial charge in [0.2, 0.25) is 0 Å². The minimum Gasteiger partial charge on any atom is -0.497 e. The summed E-state index contributed by atoms with van der Waals surface area (Å²) in [5.41, 5.74) is 1.40. The molecule has 2 rings (SSSR count). The lowest BCUT2D eigenvalue weighted by Crippen LogP contribution is -2.37. The summed E-state index contributed by atoms with van der Waals surface area (Å²) in [6.45, 7) is 7.66.